The molecule has 0 aromatic rings. The van der Waals surface area contributed by atoms with E-state index in [0.717, 1.165) is 18.4 Å². The predicted octanol–water partition coefficient (Wildman–Crippen LogP) is 2.45. The van der Waals surface area contributed by atoms with Crippen molar-refractivity contribution in [3.63, 3.8) is 0 Å². The van der Waals surface area contributed by atoms with Gasteiger partial charge in [-0.25, -0.2) is 0 Å². The Bertz CT molecular complexity index is 229. The van der Waals surface area contributed by atoms with Gasteiger partial charge in [-0.1, -0.05) is 31.9 Å². The van der Waals surface area contributed by atoms with Crippen LogP contribution >= 0.6 is 0 Å². The summed E-state index contributed by atoms with van der Waals surface area (Å²) >= 11 is 0. The van der Waals surface area contributed by atoms with Crippen LogP contribution in [-0.2, 0) is 0 Å². The van der Waals surface area contributed by atoms with Crippen LogP contribution in [0.2, 0.25) is 0 Å². The van der Waals surface area contributed by atoms with Crippen molar-refractivity contribution >= 4 is 0 Å². The Morgan fingerprint density at radius 2 is 2.06 bits per heavy atom. The summed E-state index contributed by atoms with van der Waals surface area (Å²) in [5, 5.41) is 3.77. The number of hydrogen-bond donors (Lipinski definition) is 2. The van der Waals surface area contributed by atoms with Crippen LogP contribution in [0.15, 0.2) is 12.2 Å². The molecule has 92 valence electrons. The van der Waals surface area contributed by atoms with Gasteiger partial charge in [0.2, 0.25) is 0 Å². The van der Waals surface area contributed by atoms with Crippen LogP contribution in [0, 0.1) is 11.8 Å². The molecule has 0 saturated heterocycles. The predicted molar refractivity (Wildman–Crippen MR) is 69.3 cm³/mol. The van der Waals surface area contributed by atoms with Crippen molar-refractivity contribution in [2.75, 3.05) is 6.54 Å². The van der Waals surface area contributed by atoms with Crippen LogP contribution in [-0.4, -0.2) is 18.6 Å². The van der Waals surface area contributed by atoms with Crippen molar-refractivity contribution in [1.82, 2.24) is 5.32 Å². The van der Waals surface area contributed by atoms with Crippen LogP contribution < -0.4 is 11.1 Å². The molecule has 16 heavy (non-hydrogen) atoms. The van der Waals surface area contributed by atoms with Crippen molar-refractivity contribution in [1.29, 1.82) is 0 Å². The number of nitrogens with two attached hydrogens (primary N) is 1. The van der Waals surface area contributed by atoms with E-state index in [2.05, 4.69) is 24.4 Å². The number of hydrogen-bond acceptors (Lipinski definition) is 2. The third-order valence-electron chi connectivity index (χ3n) is 4.26. The maximum atomic E-state index is 5.94. The van der Waals surface area contributed by atoms with Crippen LogP contribution in [0.5, 0.6) is 0 Å². The Morgan fingerprint density at radius 1 is 1.31 bits per heavy atom. The van der Waals surface area contributed by atoms with E-state index < -0.39 is 0 Å². The monoisotopic (exact) mass is 222 g/mol. The van der Waals surface area contributed by atoms with E-state index in [9.17, 15) is 0 Å². The zero-order chi connectivity index (χ0) is 11.4. The lowest BCUT2D eigenvalue weighted by Gasteiger charge is -2.34. The van der Waals surface area contributed by atoms with Crippen LogP contribution in [0.4, 0.5) is 0 Å². The molecule has 3 unspecified atom stereocenters. The van der Waals surface area contributed by atoms with Gasteiger partial charge in [0.15, 0.2) is 0 Å². The van der Waals surface area contributed by atoms with E-state index in [4.69, 9.17) is 5.73 Å². The first kappa shape index (κ1) is 12.1. The second-order valence-corrected chi connectivity index (χ2v) is 5.68. The third-order valence-corrected chi connectivity index (χ3v) is 4.26. The maximum Gasteiger partial charge on any atom is 0.0221 e. The second kappa shape index (κ2) is 5.83. The first-order valence-corrected chi connectivity index (χ1v) is 6.90. The molecule has 0 radical (unpaired) electrons. The van der Waals surface area contributed by atoms with Crippen molar-refractivity contribution < 1.29 is 0 Å². The zero-order valence-corrected chi connectivity index (χ0v) is 10.5. The average molecular weight is 222 g/mol. The smallest absolute Gasteiger partial charge is 0.0221 e. The fourth-order valence-electron chi connectivity index (χ4n) is 3.30. The summed E-state index contributed by atoms with van der Waals surface area (Å²) in [6.45, 7) is 3.19. The Labute approximate surface area is 99.7 Å². The van der Waals surface area contributed by atoms with Gasteiger partial charge in [0.25, 0.3) is 0 Å². The van der Waals surface area contributed by atoms with Gasteiger partial charge < -0.3 is 11.1 Å². The largest absolute Gasteiger partial charge is 0.329 e. The van der Waals surface area contributed by atoms with Gasteiger partial charge in [-0.3, -0.25) is 0 Å². The molecule has 0 heterocycles. The summed E-state index contributed by atoms with van der Waals surface area (Å²) in [5.74, 6) is 1.71. The van der Waals surface area contributed by atoms with E-state index in [1.54, 1.807) is 0 Å². The molecule has 2 heteroatoms. The van der Waals surface area contributed by atoms with Gasteiger partial charge in [0, 0.05) is 18.6 Å². The molecule has 0 aromatic heterocycles. The first-order valence-electron chi connectivity index (χ1n) is 6.90. The Morgan fingerprint density at radius 3 is 2.69 bits per heavy atom. The van der Waals surface area contributed by atoms with E-state index >= 15 is 0 Å². The van der Waals surface area contributed by atoms with Crippen molar-refractivity contribution in [2.24, 2.45) is 17.6 Å². The molecule has 2 aliphatic carbocycles. The summed E-state index contributed by atoms with van der Waals surface area (Å²) in [4.78, 5) is 0. The third kappa shape index (κ3) is 3.08. The van der Waals surface area contributed by atoms with Gasteiger partial charge >= 0.3 is 0 Å². The Kier molecular flexibility index (Phi) is 4.42. The van der Waals surface area contributed by atoms with Crippen LogP contribution in [0.1, 0.15) is 45.4 Å². The lowest BCUT2D eigenvalue weighted by molar-refractivity contribution is 0.215. The highest BCUT2D eigenvalue weighted by Crippen LogP contribution is 2.31. The number of rotatable bonds is 4. The molecule has 0 amide bonds. The van der Waals surface area contributed by atoms with E-state index in [1.165, 1.54) is 38.5 Å². The minimum atomic E-state index is 0.549. The van der Waals surface area contributed by atoms with Crippen LogP contribution in [0.25, 0.3) is 0 Å². The lowest BCUT2D eigenvalue weighted by atomic mass is 9.78. The van der Waals surface area contributed by atoms with Gasteiger partial charge in [-0.2, -0.15) is 0 Å². The fourth-order valence-corrected chi connectivity index (χ4v) is 3.30. The fraction of sp³-hybridized carbons (Fsp3) is 0.857. The van der Waals surface area contributed by atoms with Crippen molar-refractivity contribution in [2.45, 2.75) is 57.5 Å². The Balaban J connectivity index is 1.83. The summed E-state index contributed by atoms with van der Waals surface area (Å²) in [6.07, 6.45) is 12.5. The molecule has 3 atom stereocenters. The molecular formula is C14H26N2. The van der Waals surface area contributed by atoms with Gasteiger partial charge in [0.1, 0.15) is 0 Å². The van der Waals surface area contributed by atoms with E-state index in [-0.39, 0.29) is 0 Å². The van der Waals surface area contributed by atoms with Crippen LogP contribution in [0.3, 0.4) is 0 Å². The zero-order valence-electron chi connectivity index (χ0n) is 10.5. The first-order chi connectivity index (χ1) is 7.79. The molecular weight excluding hydrogens is 196 g/mol. The van der Waals surface area contributed by atoms with Crippen molar-refractivity contribution in [3.05, 3.63) is 12.2 Å². The topological polar surface area (TPSA) is 38.0 Å². The summed E-state index contributed by atoms with van der Waals surface area (Å²) in [5.41, 5.74) is 5.94. The molecule has 0 spiro atoms. The second-order valence-electron chi connectivity index (χ2n) is 5.68. The van der Waals surface area contributed by atoms with Gasteiger partial charge in [-0.05, 0) is 37.5 Å². The Hall–Kier alpha value is -0.340. The highest BCUT2D eigenvalue weighted by molar-refractivity contribution is 4.99. The standard InChI is InChI=1S/C14H26N2/c1-11-5-4-6-12(9-11)14(10-15)16-13-7-2-3-8-13/h2-3,11-14,16H,4-10,15H2,1H3. The molecule has 1 saturated carbocycles. The molecule has 2 aliphatic rings. The highest BCUT2D eigenvalue weighted by atomic mass is 15.0. The molecule has 0 aromatic carbocycles. The molecule has 3 N–H and O–H groups in total. The molecule has 2 rings (SSSR count). The summed E-state index contributed by atoms with van der Waals surface area (Å²) in [7, 11) is 0. The quantitative estimate of drug-likeness (QED) is 0.717. The minimum absolute atomic E-state index is 0.549. The van der Waals surface area contributed by atoms with Gasteiger partial charge in [-0.15, -0.1) is 0 Å². The normalized spacial score (nSPS) is 33.1. The number of nitrogens with one attached hydrogen (secondary N) is 1. The lowest BCUT2D eigenvalue weighted by Crippen LogP contribution is -2.47. The highest BCUT2D eigenvalue weighted by Gasteiger charge is 2.27. The average Bonchev–Trinajstić information content (AvgIpc) is 2.78. The van der Waals surface area contributed by atoms with Crippen molar-refractivity contribution in [3.8, 4) is 0 Å². The summed E-state index contributed by atoms with van der Waals surface area (Å²) in [6, 6.07) is 1.21. The minimum Gasteiger partial charge on any atom is -0.329 e. The maximum absolute atomic E-state index is 5.94. The molecule has 0 aliphatic heterocycles. The van der Waals surface area contributed by atoms with E-state index in [1.807, 2.05) is 0 Å². The SMILES string of the molecule is CC1CCCC(C(CN)NC2CC=CC2)C1. The van der Waals surface area contributed by atoms with E-state index in [0.29, 0.717) is 12.1 Å². The van der Waals surface area contributed by atoms with Gasteiger partial charge in [0.05, 0.1) is 0 Å². The molecule has 0 bridgehead atoms. The molecule has 2 nitrogen and oxygen atoms in total. The molecule has 1 fully saturated rings. The summed E-state index contributed by atoms with van der Waals surface area (Å²) < 4.78 is 0.